The van der Waals surface area contributed by atoms with Gasteiger partial charge in [-0.3, -0.25) is 4.79 Å². The van der Waals surface area contributed by atoms with Crippen LogP contribution in [0.1, 0.15) is 11.1 Å². The van der Waals surface area contributed by atoms with Crippen LogP contribution in [0.25, 0.3) is 10.9 Å². The molecule has 134 valence electrons. The number of pyridine rings is 1. The number of nitrogens with one attached hydrogen (secondary N) is 2. The molecule has 0 fully saturated rings. The molecule has 2 aromatic carbocycles. The summed E-state index contributed by atoms with van der Waals surface area (Å²) in [5.74, 6) is 0. The van der Waals surface area contributed by atoms with Gasteiger partial charge in [0.05, 0.1) is 13.2 Å². The molecule has 1 aromatic heterocycles. The zero-order valence-electron chi connectivity index (χ0n) is 14.5. The average Bonchev–Trinajstić information content (AvgIpc) is 2.62. The molecule has 0 bridgehead atoms. The number of aromatic amines is 1. The third-order valence-electron chi connectivity index (χ3n) is 4.12. The lowest BCUT2D eigenvalue weighted by Gasteiger charge is -2.22. The molecule has 0 aliphatic carbocycles. The lowest BCUT2D eigenvalue weighted by Crippen LogP contribution is -2.38. The molecule has 3 aromatic rings. The third-order valence-corrected chi connectivity index (χ3v) is 4.12. The van der Waals surface area contributed by atoms with Gasteiger partial charge in [-0.2, -0.15) is 0 Å². The Hall–Kier alpha value is -3.12. The van der Waals surface area contributed by atoms with E-state index in [1.807, 2.05) is 43.3 Å². The number of aromatic nitrogens is 1. The minimum atomic E-state index is -0.367. The summed E-state index contributed by atoms with van der Waals surface area (Å²) in [6, 6.07) is 16.3. The normalized spacial score (nSPS) is 10.7. The number of aryl methyl sites for hydroxylation is 1. The largest absolute Gasteiger partial charge is 0.395 e. The number of hydrogen-bond donors (Lipinski definition) is 3. The van der Waals surface area contributed by atoms with Gasteiger partial charge in [-0.1, -0.05) is 30.3 Å². The second kappa shape index (κ2) is 7.84. The van der Waals surface area contributed by atoms with Crippen molar-refractivity contribution in [2.24, 2.45) is 0 Å². The van der Waals surface area contributed by atoms with Crippen LogP contribution in [0.3, 0.4) is 0 Å². The van der Waals surface area contributed by atoms with E-state index in [9.17, 15) is 14.7 Å². The fourth-order valence-electron chi connectivity index (χ4n) is 2.78. The number of benzene rings is 2. The van der Waals surface area contributed by atoms with Crippen LogP contribution >= 0.6 is 0 Å². The van der Waals surface area contributed by atoms with Crippen molar-refractivity contribution in [1.82, 2.24) is 9.88 Å². The number of aliphatic hydroxyl groups excluding tert-OH is 1. The Bertz CT molecular complexity index is 967. The maximum Gasteiger partial charge on any atom is 0.322 e. The lowest BCUT2D eigenvalue weighted by atomic mass is 10.1. The van der Waals surface area contributed by atoms with Gasteiger partial charge in [0.1, 0.15) is 0 Å². The Kier molecular flexibility index (Phi) is 5.34. The molecule has 2 amide bonds. The first-order chi connectivity index (χ1) is 12.6. The van der Waals surface area contributed by atoms with Crippen molar-refractivity contribution in [2.75, 3.05) is 18.5 Å². The summed E-state index contributed by atoms with van der Waals surface area (Å²) >= 11 is 0. The number of urea groups is 1. The highest BCUT2D eigenvalue weighted by Gasteiger charge is 2.16. The average molecular weight is 351 g/mol. The van der Waals surface area contributed by atoms with E-state index in [1.54, 1.807) is 18.2 Å². The molecule has 0 spiro atoms. The Morgan fingerprint density at radius 3 is 2.65 bits per heavy atom. The van der Waals surface area contributed by atoms with Gasteiger partial charge in [0, 0.05) is 23.3 Å². The standard InChI is InChI=1S/C20H21N3O3/c1-14-7-8-15-12-16(19(25)22-18(15)11-14)13-23(9-10-24)20(26)21-17-5-3-2-4-6-17/h2-8,11-12,24H,9-10,13H2,1H3,(H,21,26)(H,22,25). The van der Waals surface area contributed by atoms with E-state index in [0.717, 1.165) is 16.5 Å². The van der Waals surface area contributed by atoms with Crippen molar-refractivity contribution in [3.05, 3.63) is 76.1 Å². The Balaban J connectivity index is 1.84. The Morgan fingerprint density at radius 1 is 1.15 bits per heavy atom. The molecule has 3 N–H and O–H groups in total. The van der Waals surface area contributed by atoms with E-state index in [-0.39, 0.29) is 31.3 Å². The monoisotopic (exact) mass is 351 g/mol. The summed E-state index contributed by atoms with van der Waals surface area (Å²) in [6.07, 6.45) is 0. The second-order valence-electron chi connectivity index (χ2n) is 6.16. The summed E-state index contributed by atoms with van der Waals surface area (Å²) in [5.41, 5.74) is 2.71. The van der Waals surface area contributed by atoms with Crippen LogP contribution in [0.4, 0.5) is 10.5 Å². The maximum atomic E-state index is 12.5. The number of rotatable bonds is 5. The van der Waals surface area contributed by atoms with Gasteiger partial charge in [0.25, 0.3) is 5.56 Å². The van der Waals surface area contributed by atoms with Gasteiger partial charge in [-0.25, -0.2) is 4.79 Å². The summed E-state index contributed by atoms with van der Waals surface area (Å²) in [6.45, 7) is 2.01. The second-order valence-corrected chi connectivity index (χ2v) is 6.16. The summed E-state index contributed by atoms with van der Waals surface area (Å²) < 4.78 is 0. The molecule has 0 atom stereocenters. The molecular formula is C20H21N3O3. The first-order valence-electron chi connectivity index (χ1n) is 8.41. The van der Waals surface area contributed by atoms with E-state index < -0.39 is 0 Å². The molecule has 0 aliphatic rings. The van der Waals surface area contributed by atoms with Crippen LogP contribution in [0.15, 0.2) is 59.4 Å². The number of amides is 2. The van der Waals surface area contributed by atoms with Crippen LogP contribution in [0.5, 0.6) is 0 Å². The van der Waals surface area contributed by atoms with E-state index in [0.29, 0.717) is 11.3 Å². The molecule has 0 radical (unpaired) electrons. The number of fused-ring (bicyclic) bond motifs is 1. The summed E-state index contributed by atoms with van der Waals surface area (Å²) in [4.78, 5) is 29.2. The minimum absolute atomic E-state index is 0.110. The van der Waals surface area contributed by atoms with Gasteiger partial charge in [-0.05, 0) is 42.1 Å². The smallest absolute Gasteiger partial charge is 0.322 e. The van der Waals surface area contributed by atoms with Crippen molar-refractivity contribution in [3.63, 3.8) is 0 Å². The predicted molar refractivity (Wildman–Crippen MR) is 102 cm³/mol. The van der Waals surface area contributed by atoms with Crippen molar-refractivity contribution in [2.45, 2.75) is 13.5 Å². The van der Waals surface area contributed by atoms with Gasteiger partial charge in [-0.15, -0.1) is 0 Å². The fraction of sp³-hybridized carbons (Fsp3) is 0.200. The van der Waals surface area contributed by atoms with Gasteiger partial charge >= 0.3 is 6.03 Å². The molecule has 0 saturated carbocycles. The Morgan fingerprint density at radius 2 is 1.92 bits per heavy atom. The lowest BCUT2D eigenvalue weighted by molar-refractivity contribution is 0.185. The molecule has 3 rings (SSSR count). The van der Waals surface area contributed by atoms with Crippen molar-refractivity contribution in [1.29, 1.82) is 0 Å². The zero-order valence-corrected chi connectivity index (χ0v) is 14.5. The van der Waals surface area contributed by atoms with Crippen molar-refractivity contribution < 1.29 is 9.90 Å². The van der Waals surface area contributed by atoms with Crippen LogP contribution in [0.2, 0.25) is 0 Å². The first kappa shape index (κ1) is 17.7. The number of carbonyl (C=O) groups is 1. The molecule has 0 aliphatic heterocycles. The van der Waals surface area contributed by atoms with Crippen LogP contribution in [0, 0.1) is 6.92 Å². The highest BCUT2D eigenvalue weighted by molar-refractivity contribution is 5.89. The van der Waals surface area contributed by atoms with E-state index in [4.69, 9.17) is 0 Å². The number of aliphatic hydroxyl groups is 1. The van der Waals surface area contributed by atoms with Gasteiger partial charge < -0.3 is 20.3 Å². The molecule has 0 unspecified atom stereocenters. The zero-order chi connectivity index (χ0) is 18.5. The number of nitrogens with zero attached hydrogens (tertiary/aromatic N) is 1. The summed E-state index contributed by atoms with van der Waals surface area (Å²) in [7, 11) is 0. The number of hydrogen-bond acceptors (Lipinski definition) is 3. The van der Waals surface area contributed by atoms with Gasteiger partial charge in [0.2, 0.25) is 0 Å². The van der Waals surface area contributed by atoms with Crippen molar-refractivity contribution in [3.8, 4) is 0 Å². The number of carbonyl (C=O) groups excluding carboxylic acids is 1. The van der Waals surface area contributed by atoms with Crippen LogP contribution < -0.4 is 10.9 Å². The molecule has 26 heavy (non-hydrogen) atoms. The third kappa shape index (κ3) is 4.10. The van der Waals surface area contributed by atoms with E-state index in [1.165, 1.54) is 4.90 Å². The minimum Gasteiger partial charge on any atom is -0.395 e. The van der Waals surface area contributed by atoms with Gasteiger partial charge in [0.15, 0.2) is 0 Å². The van der Waals surface area contributed by atoms with E-state index in [2.05, 4.69) is 10.3 Å². The maximum absolute atomic E-state index is 12.5. The quantitative estimate of drug-likeness (QED) is 0.661. The number of anilines is 1. The SMILES string of the molecule is Cc1ccc2cc(CN(CCO)C(=O)Nc3ccccc3)c(=O)[nH]c2c1. The van der Waals surface area contributed by atoms with E-state index >= 15 is 0 Å². The van der Waals surface area contributed by atoms with Crippen molar-refractivity contribution >= 4 is 22.6 Å². The van der Waals surface area contributed by atoms with Crippen LogP contribution in [-0.2, 0) is 6.54 Å². The highest BCUT2D eigenvalue weighted by Crippen LogP contribution is 2.14. The highest BCUT2D eigenvalue weighted by atomic mass is 16.3. The molecule has 6 nitrogen and oxygen atoms in total. The predicted octanol–water partition coefficient (Wildman–Crippen LogP) is 2.86. The fourth-order valence-corrected chi connectivity index (χ4v) is 2.78. The molecule has 1 heterocycles. The molecule has 0 saturated heterocycles. The first-order valence-corrected chi connectivity index (χ1v) is 8.41. The molecule has 6 heteroatoms. The van der Waals surface area contributed by atoms with Crippen LogP contribution in [-0.4, -0.2) is 34.2 Å². The number of para-hydroxylation sites is 1. The number of H-pyrrole nitrogens is 1. The Labute approximate surface area is 151 Å². The molecular weight excluding hydrogens is 330 g/mol. The summed E-state index contributed by atoms with van der Waals surface area (Å²) in [5, 5.41) is 13.0. The topological polar surface area (TPSA) is 85.4 Å².